The molecular formula is C21H35N7OS. The number of likely N-dealkylation sites (tertiary alicyclic amines) is 1. The summed E-state index contributed by atoms with van der Waals surface area (Å²) in [4.78, 5) is 18.3. The molecule has 1 fully saturated rings. The van der Waals surface area contributed by atoms with E-state index < -0.39 is 0 Å². The highest BCUT2D eigenvalue weighted by molar-refractivity contribution is 7.13. The number of oxazole rings is 1. The molecule has 1 aliphatic heterocycles. The fourth-order valence-corrected chi connectivity index (χ4v) is 4.21. The molecule has 3 rings (SSSR count). The molecule has 9 heteroatoms. The van der Waals surface area contributed by atoms with Gasteiger partial charge in [0.1, 0.15) is 5.76 Å². The highest BCUT2D eigenvalue weighted by Crippen LogP contribution is 2.20. The van der Waals surface area contributed by atoms with Gasteiger partial charge in [0.05, 0.1) is 24.5 Å². The van der Waals surface area contributed by atoms with Crippen molar-refractivity contribution in [2.45, 2.75) is 46.7 Å². The Morgan fingerprint density at radius 2 is 2.03 bits per heavy atom. The molecule has 0 aliphatic carbocycles. The van der Waals surface area contributed by atoms with Crippen LogP contribution in [0.4, 0.5) is 5.13 Å². The van der Waals surface area contributed by atoms with Crippen LogP contribution in [0.5, 0.6) is 0 Å². The minimum absolute atomic E-state index is 0.590. The smallest absolute Gasteiger partial charge is 0.208 e. The quantitative estimate of drug-likeness (QED) is 0.489. The molecule has 0 bridgehead atoms. The van der Waals surface area contributed by atoms with Crippen molar-refractivity contribution >= 4 is 22.4 Å². The number of hydrogen-bond donors (Lipinski definition) is 2. The molecule has 166 valence electrons. The number of hydrogen-bond acceptors (Lipinski definition) is 7. The lowest BCUT2D eigenvalue weighted by Gasteiger charge is -2.31. The van der Waals surface area contributed by atoms with E-state index in [-0.39, 0.29) is 0 Å². The number of aryl methyl sites for hydroxylation is 2. The molecule has 0 saturated carbocycles. The summed E-state index contributed by atoms with van der Waals surface area (Å²) < 4.78 is 5.73. The number of piperidine rings is 1. The monoisotopic (exact) mass is 433 g/mol. The number of rotatable bonds is 8. The molecule has 0 atom stereocenters. The second kappa shape index (κ2) is 10.8. The van der Waals surface area contributed by atoms with Crippen LogP contribution >= 0.6 is 11.3 Å². The van der Waals surface area contributed by atoms with Gasteiger partial charge >= 0.3 is 0 Å². The number of nitrogens with zero attached hydrogens (tertiary/aromatic N) is 5. The minimum Gasteiger partial charge on any atom is -0.444 e. The zero-order valence-electron chi connectivity index (χ0n) is 18.9. The summed E-state index contributed by atoms with van der Waals surface area (Å²) in [7, 11) is 4.02. The lowest BCUT2D eigenvalue weighted by Crippen LogP contribution is -2.42. The van der Waals surface area contributed by atoms with Gasteiger partial charge in [-0.2, -0.15) is 0 Å². The van der Waals surface area contributed by atoms with E-state index in [4.69, 9.17) is 9.41 Å². The van der Waals surface area contributed by atoms with E-state index in [0.29, 0.717) is 12.5 Å². The summed E-state index contributed by atoms with van der Waals surface area (Å²) in [5, 5.41) is 9.96. The third kappa shape index (κ3) is 6.43. The summed E-state index contributed by atoms with van der Waals surface area (Å²) in [6.45, 7) is 11.4. The minimum atomic E-state index is 0.590. The van der Waals surface area contributed by atoms with Gasteiger partial charge in [0, 0.05) is 32.6 Å². The first-order valence-electron chi connectivity index (χ1n) is 10.7. The fraction of sp³-hybridized carbons (Fsp3) is 0.667. The van der Waals surface area contributed by atoms with Crippen LogP contribution in [-0.2, 0) is 13.1 Å². The highest BCUT2D eigenvalue weighted by atomic mass is 32.1. The number of guanidine groups is 1. The van der Waals surface area contributed by atoms with Crippen molar-refractivity contribution in [3.63, 3.8) is 0 Å². The molecule has 0 aromatic carbocycles. The molecular weight excluding hydrogens is 398 g/mol. The van der Waals surface area contributed by atoms with E-state index in [1.807, 2.05) is 32.8 Å². The van der Waals surface area contributed by atoms with Crippen molar-refractivity contribution in [2.75, 3.05) is 45.2 Å². The SMILES string of the molecule is CCNC(=NCc1csc(N(C)C)n1)NCC1CCN(Cc2nc(C)c(C)o2)CC1. The molecule has 3 heterocycles. The number of aromatic nitrogens is 2. The summed E-state index contributed by atoms with van der Waals surface area (Å²) in [6, 6.07) is 0. The third-order valence-corrected chi connectivity index (χ3v) is 6.42. The lowest BCUT2D eigenvalue weighted by atomic mass is 9.97. The summed E-state index contributed by atoms with van der Waals surface area (Å²) in [5.74, 6) is 3.28. The van der Waals surface area contributed by atoms with Gasteiger partial charge in [0.25, 0.3) is 0 Å². The molecule has 0 amide bonds. The molecule has 0 spiro atoms. The van der Waals surface area contributed by atoms with Gasteiger partial charge in [-0.15, -0.1) is 11.3 Å². The van der Waals surface area contributed by atoms with Crippen molar-refractivity contribution in [3.8, 4) is 0 Å². The third-order valence-electron chi connectivity index (χ3n) is 5.36. The molecule has 0 unspecified atom stereocenters. The first-order valence-corrected chi connectivity index (χ1v) is 11.6. The Morgan fingerprint density at radius 3 is 2.63 bits per heavy atom. The Labute approximate surface area is 183 Å². The molecule has 1 aliphatic rings. The first kappa shape index (κ1) is 22.6. The Morgan fingerprint density at radius 1 is 1.27 bits per heavy atom. The first-order chi connectivity index (χ1) is 14.4. The molecule has 1 saturated heterocycles. The Balaban J connectivity index is 1.43. The number of anilines is 1. The predicted molar refractivity (Wildman–Crippen MR) is 123 cm³/mol. The maximum Gasteiger partial charge on any atom is 0.208 e. The zero-order valence-corrected chi connectivity index (χ0v) is 19.7. The van der Waals surface area contributed by atoms with Crippen LogP contribution < -0.4 is 15.5 Å². The van der Waals surface area contributed by atoms with Crippen LogP contribution in [0.15, 0.2) is 14.8 Å². The normalized spacial score (nSPS) is 16.1. The van der Waals surface area contributed by atoms with Crippen molar-refractivity contribution < 1.29 is 4.42 Å². The topological polar surface area (TPSA) is 81.8 Å². The number of thiazole rings is 1. The molecule has 2 aromatic heterocycles. The molecule has 8 nitrogen and oxygen atoms in total. The van der Waals surface area contributed by atoms with Crippen molar-refractivity contribution in [3.05, 3.63) is 28.4 Å². The van der Waals surface area contributed by atoms with E-state index in [1.165, 1.54) is 12.8 Å². The molecule has 30 heavy (non-hydrogen) atoms. The maximum atomic E-state index is 5.73. The highest BCUT2D eigenvalue weighted by Gasteiger charge is 2.21. The van der Waals surface area contributed by atoms with Gasteiger partial charge in [0.15, 0.2) is 11.1 Å². The van der Waals surface area contributed by atoms with E-state index in [2.05, 4.69) is 37.8 Å². The standard InChI is InChI=1S/C21H35N7OS/c1-6-22-20(24-12-18-14-30-21(26-18)27(4)5)23-11-17-7-9-28(10-8-17)13-19-25-15(2)16(3)29-19/h14,17H,6-13H2,1-5H3,(H2,22,23,24). The van der Waals surface area contributed by atoms with Gasteiger partial charge in [-0.05, 0) is 52.6 Å². The van der Waals surface area contributed by atoms with Gasteiger partial charge in [-0.3, -0.25) is 4.90 Å². The van der Waals surface area contributed by atoms with Gasteiger partial charge in [-0.25, -0.2) is 15.0 Å². The van der Waals surface area contributed by atoms with Crippen LogP contribution in [0, 0.1) is 19.8 Å². The summed E-state index contributed by atoms with van der Waals surface area (Å²) in [6.07, 6.45) is 2.34. The Bertz CT molecular complexity index is 802. The second-order valence-corrected chi connectivity index (χ2v) is 8.90. The van der Waals surface area contributed by atoms with Crippen molar-refractivity contribution in [1.29, 1.82) is 0 Å². The van der Waals surface area contributed by atoms with Gasteiger partial charge in [-0.1, -0.05) is 0 Å². The van der Waals surface area contributed by atoms with Crippen molar-refractivity contribution in [2.24, 2.45) is 10.9 Å². The fourth-order valence-electron chi connectivity index (χ4n) is 3.46. The average molecular weight is 434 g/mol. The van der Waals surface area contributed by atoms with E-state index >= 15 is 0 Å². The van der Waals surface area contributed by atoms with Crippen LogP contribution in [-0.4, -0.2) is 61.1 Å². The Kier molecular flexibility index (Phi) is 8.09. The molecule has 2 aromatic rings. The average Bonchev–Trinajstić information content (AvgIpc) is 3.32. The molecule has 0 radical (unpaired) electrons. The zero-order chi connectivity index (χ0) is 21.5. The number of nitrogens with one attached hydrogen (secondary N) is 2. The van der Waals surface area contributed by atoms with Crippen molar-refractivity contribution in [1.82, 2.24) is 25.5 Å². The summed E-state index contributed by atoms with van der Waals surface area (Å²) >= 11 is 1.65. The largest absolute Gasteiger partial charge is 0.444 e. The predicted octanol–water partition coefficient (Wildman–Crippen LogP) is 2.78. The number of aliphatic imine (C=N–C) groups is 1. The lowest BCUT2D eigenvalue weighted by molar-refractivity contribution is 0.164. The second-order valence-electron chi connectivity index (χ2n) is 8.06. The maximum absolute atomic E-state index is 5.73. The van der Waals surface area contributed by atoms with E-state index in [1.54, 1.807) is 11.3 Å². The van der Waals surface area contributed by atoms with Gasteiger partial charge in [0.2, 0.25) is 5.89 Å². The molecule has 2 N–H and O–H groups in total. The van der Waals surface area contributed by atoms with Crippen LogP contribution in [0.25, 0.3) is 0 Å². The van der Waals surface area contributed by atoms with E-state index in [9.17, 15) is 0 Å². The van der Waals surface area contributed by atoms with Crippen LogP contribution in [0.1, 0.15) is 42.8 Å². The van der Waals surface area contributed by atoms with Crippen LogP contribution in [0.2, 0.25) is 0 Å². The summed E-state index contributed by atoms with van der Waals surface area (Å²) in [5.41, 5.74) is 2.00. The van der Waals surface area contributed by atoms with Gasteiger partial charge < -0.3 is 20.0 Å². The van der Waals surface area contributed by atoms with E-state index in [0.717, 1.165) is 66.9 Å². The Hall–Kier alpha value is -2.13. The van der Waals surface area contributed by atoms with Crippen LogP contribution in [0.3, 0.4) is 0 Å².